The third-order valence-electron chi connectivity index (χ3n) is 5.33. The van der Waals surface area contributed by atoms with Crippen LogP contribution in [0.25, 0.3) is 16.8 Å². The minimum Gasteiger partial charge on any atom is -0.490 e. The minimum absolute atomic E-state index is 0.0325. The van der Waals surface area contributed by atoms with Gasteiger partial charge in [-0.1, -0.05) is 60.7 Å². The van der Waals surface area contributed by atoms with Crippen LogP contribution < -0.4 is 14.2 Å². The van der Waals surface area contributed by atoms with Gasteiger partial charge in [-0.3, -0.25) is 4.79 Å². The van der Waals surface area contributed by atoms with Crippen LogP contribution in [0.5, 0.6) is 17.2 Å². The molecule has 0 aliphatic rings. The number of hydrogen-bond acceptors (Lipinski definition) is 4. The molecule has 0 spiro atoms. The van der Waals surface area contributed by atoms with Crippen molar-refractivity contribution in [3.05, 3.63) is 108 Å². The Bertz CT molecular complexity index is 1310. The van der Waals surface area contributed by atoms with Gasteiger partial charge < -0.3 is 14.2 Å². The van der Waals surface area contributed by atoms with Crippen LogP contribution in [0.3, 0.4) is 0 Å². The van der Waals surface area contributed by atoms with Crippen LogP contribution in [0.4, 0.5) is 0 Å². The van der Waals surface area contributed by atoms with Gasteiger partial charge in [0.15, 0.2) is 17.3 Å². The molecule has 0 saturated heterocycles. The van der Waals surface area contributed by atoms with Crippen molar-refractivity contribution in [1.29, 1.82) is 0 Å². The van der Waals surface area contributed by atoms with Crippen LogP contribution in [0.1, 0.15) is 35.3 Å². The molecule has 0 atom stereocenters. The Morgan fingerprint density at radius 2 is 1.53 bits per heavy atom. The number of rotatable bonds is 10. The van der Waals surface area contributed by atoms with E-state index in [1.807, 2.05) is 105 Å². The van der Waals surface area contributed by atoms with Gasteiger partial charge in [-0.25, -0.2) is 0 Å². The molecule has 4 aromatic carbocycles. The largest absolute Gasteiger partial charge is 0.490 e. The predicted octanol–water partition coefficient (Wildman–Crippen LogP) is 7.11. The highest BCUT2D eigenvalue weighted by atomic mass is 16.5. The van der Waals surface area contributed by atoms with E-state index in [9.17, 15) is 4.79 Å². The second-order valence-corrected chi connectivity index (χ2v) is 7.77. The van der Waals surface area contributed by atoms with Crippen molar-refractivity contribution >= 4 is 22.6 Å². The molecule has 34 heavy (non-hydrogen) atoms. The molecule has 0 heterocycles. The van der Waals surface area contributed by atoms with Crippen molar-refractivity contribution in [3.8, 4) is 17.2 Å². The molecular weight excluding hydrogens is 424 g/mol. The van der Waals surface area contributed by atoms with E-state index in [1.165, 1.54) is 0 Å². The molecule has 0 aromatic heterocycles. The summed E-state index contributed by atoms with van der Waals surface area (Å²) in [6, 6.07) is 27.3. The fourth-order valence-electron chi connectivity index (χ4n) is 3.67. The van der Waals surface area contributed by atoms with E-state index in [1.54, 1.807) is 6.08 Å². The third-order valence-corrected chi connectivity index (χ3v) is 5.33. The first-order chi connectivity index (χ1) is 16.7. The highest BCUT2D eigenvalue weighted by Crippen LogP contribution is 2.29. The lowest BCUT2D eigenvalue weighted by molar-refractivity contribution is 0.104. The average molecular weight is 453 g/mol. The summed E-state index contributed by atoms with van der Waals surface area (Å²) in [4.78, 5) is 12.7. The Kier molecular flexibility index (Phi) is 7.61. The summed E-state index contributed by atoms with van der Waals surface area (Å²) in [5.74, 6) is 2.15. The summed E-state index contributed by atoms with van der Waals surface area (Å²) in [6.07, 6.45) is 3.42. The van der Waals surface area contributed by atoms with Crippen molar-refractivity contribution in [2.75, 3.05) is 13.2 Å². The van der Waals surface area contributed by atoms with Gasteiger partial charge in [-0.15, -0.1) is 0 Å². The SMILES string of the molecule is CCOc1ccc(COc2cccc(/C=C/C(=O)c3ccc4ccccc4c3)c2)cc1OCC. The normalized spacial score (nSPS) is 11.0. The summed E-state index contributed by atoms with van der Waals surface area (Å²) in [7, 11) is 0. The standard InChI is InChI=1S/C30H28O4/c1-3-32-29-17-13-23(19-30(29)33-4-2)21-34-27-11-7-8-22(18-27)12-16-28(31)26-15-14-24-9-5-6-10-25(24)20-26/h5-20H,3-4,21H2,1-2H3/b16-12+. The number of ketones is 1. The van der Waals surface area contributed by atoms with Crippen LogP contribution in [-0.4, -0.2) is 19.0 Å². The summed E-state index contributed by atoms with van der Waals surface area (Å²) in [5, 5.41) is 2.17. The molecule has 0 N–H and O–H groups in total. The van der Waals surface area contributed by atoms with Crippen LogP contribution in [0, 0.1) is 0 Å². The van der Waals surface area contributed by atoms with Crippen molar-refractivity contribution < 1.29 is 19.0 Å². The molecule has 0 amide bonds. The van der Waals surface area contributed by atoms with Crippen LogP contribution in [-0.2, 0) is 6.61 Å². The summed E-state index contributed by atoms with van der Waals surface area (Å²) in [6.45, 7) is 5.44. The molecule has 4 aromatic rings. The number of hydrogen-bond donors (Lipinski definition) is 0. The van der Waals surface area contributed by atoms with E-state index in [0.29, 0.717) is 31.1 Å². The molecule has 0 radical (unpaired) electrons. The average Bonchev–Trinajstić information content (AvgIpc) is 2.87. The van der Waals surface area contributed by atoms with E-state index in [4.69, 9.17) is 14.2 Å². The first-order valence-electron chi connectivity index (χ1n) is 11.5. The highest BCUT2D eigenvalue weighted by Gasteiger charge is 2.07. The lowest BCUT2D eigenvalue weighted by Gasteiger charge is -2.13. The molecule has 4 nitrogen and oxygen atoms in total. The fourth-order valence-corrected chi connectivity index (χ4v) is 3.67. The topological polar surface area (TPSA) is 44.8 Å². The van der Waals surface area contributed by atoms with Gasteiger partial charge in [-0.05, 0) is 72.2 Å². The monoisotopic (exact) mass is 452 g/mol. The van der Waals surface area contributed by atoms with Crippen LogP contribution in [0.15, 0.2) is 91.0 Å². The Morgan fingerprint density at radius 1 is 0.735 bits per heavy atom. The van der Waals surface area contributed by atoms with Crippen molar-refractivity contribution in [3.63, 3.8) is 0 Å². The van der Waals surface area contributed by atoms with Crippen LogP contribution >= 0.6 is 0 Å². The molecule has 0 aliphatic heterocycles. The van der Waals surface area contributed by atoms with Gasteiger partial charge in [-0.2, -0.15) is 0 Å². The summed E-state index contributed by atoms with van der Waals surface area (Å²) >= 11 is 0. The lowest BCUT2D eigenvalue weighted by Crippen LogP contribution is -2.01. The molecule has 4 heteroatoms. The third kappa shape index (κ3) is 5.84. The Balaban J connectivity index is 1.42. The van der Waals surface area contributed by atoms with Gasteiger partial charge in [0.05, 0.1) is 13.2 Å². The molecule has 0 unspecified atom stereocenters. The maximum Gasteiger partial charge on any atom is 0.185 e. The number of carbonyl (C=O) groups is 1. The molecule has 0 bridgehead atoms. The number of fused-ring (bicyclic) bond motifs is 1. The first-order valence-corrected chi connectivity index (χ1v) is 11.5. The zero-order valence-corrected chi connectivity index (χ0v) is 19.5. The molecule has 0 aliphatic carbocycles. The van der Waals surface area contributed by atoms with E-state index in [-0.39, 0.29) is 5.78 Å². The minimum atomic E-state index is -0.0325. The molecule has 172 valence electrons. The zero-order valence-electron chi connectivity index (χ0n) is 19.5. The number of benzene rings is 4. The number of carbonyl (C=O) groups excluding carboxylic acids is 1. The predicted molar refractivity (Wildman–Crippen MR) is 137 cm³/mol. The number of ether oxygens (including phenoxy) is 3. The maximum atomic E-state index is 12.7. The van der Waals surface area contributed by atoms with Gasteiger partial charge in [0.2, 0.25) is 0 Å². The second kappa shape index (κ2) is 11.2. The Hall–Kier alpha value is -4.05. The van der Waals surface area contributed by atoms with Gasteiger partial charge >= 0.3 is 0 Å². The van der Waals surface area contributed by atoms with Gasteiger partial charge in [0.25, 0.3) is 0 Å². The highest BCUT2D eigenvalue weighted by molar-refractivity contribution is 6.08. The van der Waals surface area contributed by atoms with E-state index < -0.39 is 0 Å². The van der Waals surface area contributed by atoms with Gasteiger partial charge in [0, 0.05) is 5.56 Å². The summed E-state index contributed by atoms with van der Waals surface area (Å²) < 4.78 is 17.3. The quantitative estimate of drug-likeness (QED) is 0.190. The van der Waals surface area contributed by atoms with Gasteiger partial charge in [0.1, 0.15) is 12.4 Å². The smallest absolute Gasteiger partial charge is 0.185 e. The van der Waals surface area contributed by atoms with E-state index in [2.05, 4.69) is 0 Å². The molecular formula is C30H28O4. The van der Waals surface area contributed by atoms with Crippen molar-refractivity contribution in [2.24, 2.45) is 0 Å². The second-order valence-electron chi connectivity index (χ2n) is 7.77. The summed E-state index contributed by atoms with van der Waals surface area (Å²) in [5.41, 5.74) is 2.55. The molecule has 0 fully saturated rings. The molecule has 0 saturated carbocycles. The lowest BCUT2D eigenvalue weighted by atomic mass is 10.0. The number of allylic oxidation sites excluding steroid dienone is 1. The van der Waals surface area contributed by atoms with E-state index in [0.717, 1.165) is 33.4 Å². The fraction of sp³-hybridized carbons (Fsp3) is 0.167. The van der Waals surface area contributed by atoms with Crippen molar-refractivity contribution in [1.82, 2.24) is 0 Å². The Morgan fingerprint density at radius 3 is 2.35 bits per heavy atom. The zero-order chi connectivity index (χ0) is 23.8. The first kappa shape index (κ1) is 23.1. The van der Waals surface area contributed by atoms with Crippen molar-refractivity contribution in [2.45, 2.75) is 20.5 Å². The maximum absolute atomic E-state index is 12.7. The van der Waals surface area contributed by atoms with E-state index >= 15 is 0 Å². The Labute approximate surface area is 200 Å². The molecule has 4 rings (SSSR count). The van der Waals surface area contributed by atoms with Crippen LogP contribution in [0.2, 0.25) is 0 Å².